The highest BCUT2D eigenvalue weighted by Gasteiger charge is 2.15. The molecule has 10 heavy (non-hydrogen) atoms. The van der Waals surface area contributed by atoms with Crippen molar-refractivity contribution in [3.63, 3.8) is 0 Å². The number of aliphatic hydroxyl groups excluding tert-OH is 2. The molecule has 4 N–H and O–H groups in total. The molecule has 7 heteroatoms. The largest absolute Gasteiger partial charge is 0.469 e. The van der Waals surface area contributed by atoms with Gasteiger partial charge in [0.15, 0.2) is 0 Å². The number of hydrogen-bond acceptors (Lipinski definition) is 4. The lowest BCUT2D eigenvalue weighted by molar-refractivity contribution is 0.0419. The van der Waals surface area contributed by atoms with Crippen LogP contribution in [-0.4, -0.2) is 39.3 Å². The monoisotopic (exact) mass is 174 g/mol. The van der Waals surface area contributed by atoms with E-state index in [4.69, 9.17) is 20.0 Å². The molecule has 0 aromatic rings. The van der Waals surface area contributed by atoms with Gasteiger partial charge < -0.3 is 20.0 Å². The summed E-state index contributed by atoms with van der Waals surface area (Å²) in [6.07, 6.45) is -1.24. The molecule has 0 heterocycles. The van der Waals surface area contributed by atoms with Gasteiger partial charge in [0.05, 0.1) is 13.2 Å². The first kappa shape index (κ1) is 10.0. The third kappa shape index (κ3) is 6.15. The molecule has 0 aromatic carbocycles. The van der Waals surface area contributed by atoms with E-state index < -0.39 is 27.1 Å². The lowest BCUT2D eigenvalue weighted by atomic mass is 11.0. The van der Waals surface area contributed by atoms with E-state index in [0.717, 1.165) is 0 Å². The van der Waals surface area contributed by atoms with Crippen molar-refractivity contribution in [3.05, 3.63) is 0 Å². The van der Waals surface area contributed by atoms with E-state index in [9.17, 15) is 4.57 Å². The Kier molecular flexibility index (Phi) is 4.04. The van der Waals surface area contributed by atoms with Crippen molar-refractivity contribution in [2.75, 3.05) is 13.2 Å². The van der Waals surface area contributed by atoms with Crippen LogP contribution in [0.2, 0.25) is 0 Å². The molecule has 0 aromatic heterocycles. The number of aliphatic hydroxyl groups is 2. The van der Waals surface area contributed by atoms with Gasteiger partial charge >= 0.3 is 7.82 Å². The molecule has 0 amide bonds. The smallest absolute Gasteiger partial charge is 0.394 e. The molecule has 0 aliphatic carbocycles. The van der Waals surface area contributed by atoms with Crippen LogP contribution in [0.1, 0.15) is 0 Å². The fourth-order valence-corrected chi connectivity index (χ4v) is 0.602. The van der Waals surface area contributed by atoms with Crippen LogP contribution in [0.25, 0.3) is 0 Å². The Bertz CT molecular complexity index is 129. The van der Waals surface area contributed by atoms with E-state index in [1.54, 1.807) is 0 Å². The SMILES string of the molecule is O=P(O)(O)O[13CH2][13C@H](O)CO. The van der Waals surface area contributed by atoms with E-state index in [1.165, 1.54) is 0 Å². The van der Waals surface area contributed by atoms with Gasteiger partial charge in [0.2, 0.25) is 0 Å². The topological polar surface area (TPSA) is 107 Å². The van der Waals surface area contributed by atoms with Crippen LogP contribution in [-0.2, 0) is 9.09 Å². The van der Waals surface area contributed by atoms with Crippen molar-refractivity contribution in [1.29, 1.82) is 0 Å². The summed E-state index contributed by atoms with van der Waals surface area (Å²) in [5.41, 5.74) is 0. The Labute approximate surface area is 57.3 Å². The Morgan fingerprint density at radius 2 is 2.00 bits per heavy atom. The molecular formula is C3H9O6P. The number of rotatable bonds is 4. The fourth-order valence-electron chi connectivity index (χ4n) is 0.236. The minimum atomic E-state index is -4.50. The van der Waals surface area contributed by atoms with E-state index in [2.05, 4.69) is 4.52 Å². The van der Waals surface area contributed by atoms with Crippen LogP contribution in [0.5, 0.6) is 0 Å². The van der Waals surface area contributed by atoms with Gasteiger partial charge in [-0.15, -0.1) is 0 Å². The van der Waals surface area contributed by atoms with Crippen molar-refractivity contribution in [1.82, 2.24) is 0 Å². The highest BCUT2D eigenvalue weighted by molar-refractivity contribution is 7.46. The zero-order valence-electron chi connectivity index (χ0n) is 5.04. The molecule has 0 aliphatic heterocycles. The fraction of sp³-hybridized carbons (Fsp3) is 1.00. The number of phosphoric ester groups is 1. The second-order valence-electron chi connectivity index (χ2n) is 1.62. The summed E-state index contributed by atoms with van der Waals surface area (Å²) >= 11 is 0. The summed E-state index contributed by atoms with van der Waals surface area (Å²) in [6, 6.07) is 0. The normalized spacial score (nSPS) is 15.2. The zero-order valence-corrected chi connectivity index (χ0v) is 5.94. The predicted molar refractivity (Wildman–Crippen MR) is 31.1 cm³/mol. The Hall–Kier alpha value is 0.0300. The second kappa shape index (κ2) is 4.02. The summed E-state index contributed by atoms with van der Waals surface area (Å²) in [5, 5.41) is 16.7. The molecule has 0 radical (unpaired) electrons. The molecule has 0 unspecified atom stereocenters. The molecule has 0 aliphatic rings. The molecule has 0 spiro atoms. The molecule has 0 saturated carbocycles. The maximum Gasteiger partial charge on any atom is 0.469 e. The van der Waals surface area contributed by atoms with Crippen molar-refractivity contribution in [2.45, 2.75) is 6.10 Å². The first-order valence-corrected chi connectivity index (χ1v) is 3.98. The summed E-state index contributed by atoms with van der Waals surface area (Å²) < 4.78 is 13.8. The van der Waals surface area contributed by atoms with Gasteiger partial charge in [-0.3, -0.25) is 4.52 Å². The first-order chi connectivity index (χ1) is 4.45. The quantitative estimate of drug-likeness (QED) is 0.303. The van der Waals surface area contributed by atoms with Crippen molar-refractivity contribution >= 4 is 7.82 Å². The average molecular weight is 174 g/mol. The maximum atomic E-state index is 9.93. The van der Waals surface area contributed by atoms with Gasteiger partial charge in [0.1, 0.15) is 6.10 Å². The van der Waals surface area contributed by atoms with Gasteiger partial charge in [-0.25, -0.2) is 4.57 Å². The summed E-state index contributed by atoms with van der Waals surface area (Å²) in [4.78, 5) is 16.1. The molecule has 62 valence electrons. The van der Waals surface area contributed by atoms with Crippen LogP contribution in [0, 0.1) is 0 Å². The number of hydrogen-bond donors (Lipinski definition) is 4. The molecule has 0 saturated heterocycles. The third-order valence-corrected chi connectivity index (χ3v) is 1.13. The standard InChI is InChI=1S/C3H9O6P/c4-1-3(5)2-9-10(6,7)8/h3-5H,1-2H2,(H2,6,7,8)/t3-/m1/s1/i2+1,3+1. The van der Waals surface area contributed by atoms with Gasteiger partial charge in [-0.2, -0.15) is 0 Å². The van der Waals surface area contributed by atoms with Crippen LogP contribution in [0.3, 0.4) is 0 Å². The summed E-state index contributed by atoms with van der Waals surface area (Å²) in [6.45, 7) is -1.15. The number of phosphoric acid groups is 1. The molecule has 0 fully saturated rings. The van der Waals surface area contributed by atoms with Crippen molar-refractivity contribution in [2.24, 2.45) is 0 Å². The van der Waals surface area contributed by atoms with Gasteiger partial charge in [0, 0.05) is 0 Å². The Morgan fingerprint density at radius 1 is 1.50 bits per heavy atom. The van der Waals surface area contributed by atoms with Gasteiger partial charge in [0.25, 0.3) is 0 Å². The lowest BCUT2D eigenvalue weighted by Crippen LogP contribution is -2.18. The Balaban J connectivity index is 3.46. The minimum Gasteiger partial charge on any atom is -0.394 e. The highest BCUT2D eigenvalue weighted by atomic mass is 31.2. The van der Waals surface area contributed by atoms with Crippen LogP contribution >= 0.6 is 7.82 Å². The third-order valence-electron chi connectivity index (χ3n) is 0.646. The van der Waals surface area contributed by atoms with E-state index in [-0.39, 0.29) is 0 Å². The van der Waals surface area contributed by atoms with E-state index in [0.29, 0.717) is 0 Å². The lowest BCUT2D eigenvalue weighted by Gasteiger charge is -2.07. The van der Waals surface area contributed by atoms with Crippen molar-refractivity contribution in [3.8, 4) is 0 Å². The molecule has 6 nitrogen and oxygen atoms in total. The second-order valence-corrected chi connectivity index (χ2v) is 2.86. The van der Waals surface area contributed by atoms with Crippen molar-refractivity contribution < 1.29 is 29.1 Å². The van der Waals surface area contributed by atoms with Crippen LogP contribution < -0.4 is 0 Å². The van der Waals surface area contributed by atoms with E-state index >= 15 is 0 Å². The van der Waals surface area contributed by atoms with Gasteiger partial charge in [-0.1, -0.05) is 0 Å². The Morgan fingerprint density at radius 3 is 2.30 bits per heavy atom. The predicted octanol–water partition coefficient (Wildman–Crippen LogP) is -1.55. The average Bonchev–Trinajstić information content (AvgIpc) is 1.81. The molecule has 0 bridgehead atoms. The maximum absolute atomic E-state index is 9.93. The van der Waals surface area contributed by atoms with Crippen LogP contribution in [0.4, 0.5) is 0 Å². The van der Waals surface area contributed by atoms with Gasteiger partial charge in [-0.05, 0) is 0 Å². The molecular weight excluding hydrogens is 165 g/mol. The minimum absolute atomic E-state index is 0.569. The van der Waals surface area contributed by atoms with E-state index in [1.807, 2.05) is 0 Å². The van der Waals surface area contributed by atoms with Crippen LogP contribution in [0.15, 0.2) is 0 Å². The molecule has 1 atom stereocenters. The summed E-state index contributed by atoms with van der Waals surface area (Å²) in [5.74, 6) is 0. The molecule has 0 rings (SSSR count). The first-order valence-electron chi connectivity index (χ1n) is 2.44. The highest BCUT2D eigenvalue weighted by Crippen LogP contribution is 2.35. The summed E-state index contributed by atoms with van der Waals surface area (Å²) in [7, 11) is -4.50. The zero-order chi connectivity index (χ0) is 8.20.